The van der Waals surface area contributed by atoms with Gasteiger partial charge in [-0.05, 0) is 0 Å². The quantitative estimate of drug-likeness (QED) is 0.200. The number of aryl methyl sites for hydroxylation is 1. The van der Waals surface area contributed by atoms with E-state index in [0.717, 1.165) is 45.9 Å². The Kier molecular flexibility index (Phi) is 7.30. The van der Waals surface area contributed by atoms with Crippen molar-refractivity contribution in [1.82, 2.24) is 29.5 Å². The van der Waals surface area contributed by atoms with Gasteiger partial charge in [0.15, 0.2) is 0 Å². The van der Waals surface area contributed by atoms with Gasteiger partial charge < -0.3 is 0 Å². The van der Waals surface area contributed by atoms with Gasteiger partial charge in [0.2, 0.25) is 0 Å². The number of nitrogens with two attached hydrogens (primary N) is 1. The van der Waals surface area contributed by atoms with Crippen LogP contribution in [0.4, 0.5) is 5.82 Å². The van der Waals surface area contributed by atoms with Gasteiger partial charge >= 0.3 is 238 Å². The summed E-state index contributed by atoms with van der Waals surface area (Å²) in [4.78, 5) is 21.0. The fourth-order valence-corrected chi connectivity index (χ4v) is 14.1. The molecule has 4 heterocycles. The van der Waals surface area contributed by atoms with Gasteiger partial charge in [0, 0.05) is 0 Å². The van der Waals surface area contributed by atoms with E-state index in [-0.39, 0.29) is 5.82 Å². The number of rotatable bonds is 9. The van der Waals surface area contributed by atoms with E-state index in [9.17, 15) is 10.2 Å². The normalized spacial score (nSPS) is 29.3. The van der Waals surface area contributed by atoms with E-state index < -0.39 is 39.2 Å². The number of imidazole rings is 2. The molecule has 1 aliphatic heterocycles. The molecule has 10 nitrogen and oxygen atoms in total. The van der Waals surface area contributed by atoms with E-state index in [1.807, 2.05) is 0 Å². The number of hydrogen-bond acceptors (Lipinski definition) is 8. The van der Waals surface area contributed by atoms with Crippen molar-refractivity contribution in [2.24, 2.45) is 5.92 Å². The van der Waals surface area contributed by atoms with Crippen molar-refractivity contribution in [1.29, 1.82) is 0 Å². The van der Waals surface area contributed by atoms with Crippen molar-refractivity contribution in [3.05, 3.63) is 42.2 Å². The Bertz CT molecular complexity index is 1530. The summed E-state index contributed by atoms with van der Waals surface area (Å²) in [5.41, 5.74) is 10.6. The summed E-state index contributed by atoms with van der Waals surface area (Å²) in [6.45, 7) is 4.63. The number of H-pyrrole nitrogens is 1. The molecule has 5 N–H and O–H groups in total. The summed E-state index contributed by atoms with van der Waals surface area (Å²) in [5, 5.41) is 22.8. The maximum absolute atomic E-state index is 11.0. The molecule has 5 atom stereocenters. The van der Waals surface area contributed by atoms with E-state index in [2.05, 4.69) is 52.0 Å². The molecule has 7 rings (SSSR count). The summed E-state index contributed by atoms with van der Waals surface area (Å²) in [5.74, 6) is 2.85. The van der Waals surface area contributed by atoms with Crippen LogP contribution in [0.15, 0.2) is 30.9 Å². The van der Waals surface area contributed by atoms with Crippen LogP contribution in [-0.4, -0.2) is 72.7 Å². The first-order valence-corrected chi connectivity index (χ1v) is 18.5. The third-order valence-corrected chi connectivity index (χ3v) is 16.9. The summed E-state index contributed by atoms with van der Waals surface area (Å²) in [7, 11) is 0. The molecule has 0 spiro atoms. The van der Waals surface area contributed by atoms with Gasteiger partial charge in [0.05, 0.1) is 0 Å². The van der Waals surface area contributed by atoms with Gasteiger partial charge in [0.1, 0.15) is 0 Å². The second kappa shape index (κ2) is 11.0. The van der Waals surface area contributed by atoms with E-state index in [4.69, 9.17) is 15.5 Å². The molecule has 3 aromatic heterocycles. The standard InChI is InChI=1S/C30H40AsN7O3/c1-16(2)31(13-23-26(39)27(40)30(41-23)38-15-35-25-28(32)33-14-34-29(25)38)20-10-17(11-20)6-9-24-36-21-8-7-19(12-22(21)37-24)18-4-3-5-18/h7-8,12,14-18,20,23,26-27,30,39-40H,3-6,9-11,13H2,1-2H3,(H,36,37)(H2,32,33,34)/t17?,20?,23-,26-,27-,30+,31?/m0/s1. The molecule has 218 valence electrons. The Morgan fingerprint density at radius 1 is 1.15 bits per heavy atom. The fraction of sp³-hybridized carbons (Fsp3) is 0.600. The number of nitrogens with zero attached hydrogens (tertiary/aromatic N) is 5. The van der Waals surface area contributed by atoms with E-state index in [0.29, 0.717) is 15.9 Å². The molecule has 0 amide bonds. The topological polar surface area (TPSA) is 148 Å². The fourth-order valence-electron chi connectivity index (χ4n) is 6.90. The average Bonchev–Trinajstić information content (AvgIpc) is 3.58. The number of aromatic amines is 1. The average molecular weight is 622 g/mol. The van der Waals surface area contributed by atoms with Crippen LogP contribution in [0, 0.1) is 5.92 Å². The Hall–Kier alpha value is -2.52. The molecule has 0 radical (unpaired) electrons. The molecule has 4 aromatic rings. The second-order valence-electron chi connectivity index (χ2n) is 12.5. The van der Waals surface area contributed by atoms with Crippen LogP contribution in [0.5, 0.6) is 0 Å². The molecular weight excluding hydrogens is 581 g/mol. The number of hydrogen-bond donors (Lipinski definition) is 4. The first-order valence-electron chi connectivity index (χ1n) is 15.0. The van der Waals surface area contributed by atoms with Crippen molar-refractivity contribution in [2.75, 3.05) is 5.73 Å². The van der Waals surface area contributed by atoms with Crippen LogP contribution in [0.2, 0.25) is 14.6 Å². The van der Waals surface area contributed by atoms with Crippen LogP contribution in [-0.2, 0) is 11.2 Å². The zero-order valence-electron chi connectivity index (χ0n) is 23.7. The first-order chi connectivity index (χ1) is 19.9. The number of aromatic nitrogens is 6. The molecule has 11 heteroatoms. The number of aliphatic hydroxyl groups is 2. The summed E-state index contributed by atoms with van der Waals surface area (Å²) >= 11 is -1.35. The van der Waals surface area contributed by atoms with Crippen LogP contribution in [0.1, 0.15) is 75.9 Å². The SMILES string of the molecule is CC(C)[As](C[C@@H]1O[C@@H](n2cnc3c(N)ncnc32)[C@@H](O)[C@H]1O)C1CC(CCc2nc3ccc(C4CCC4)cc3[nH]2)C1. The third kappa shape index (κ3) is 5.07. The molecular formula is C30H40AsN7O3. The molecule has 41 heavy (non-hydrogen) atoms. The van der Waals surface area contributed by atoms with Crippen LogP contribution in [0.25, 0.3) is 22.2 Å². The third-order valence-electron chi connectivity index (χ3n) is 9.65. The van der Waals surface area contributed by atoms with Gasteiger partial charge in [-0.1, -0.05) is 6.42 Å². The Morgan fingerprint density at radius 3 is 2.73 bits per heavy atom. The zero-order valence-corrected chi connectivity index (χ0v) is 25.6. The minimum absolute atomic E-state index is 0.281. The monoisotopic (exact) mass is 621 g/mol. The molecule has 1 unspecified atom stereocenters. The number of benzene rings is 1. The zero-order chi connectivity index (χ0) is 28.2. The Morgan fingerprint density at radius 2 is 1.98 bits per heavy atom. The Labute approximate surface area is 244 Å². The van der Waals surface area contributed by atoms with Gasteiger partial charge in [-0.15, -0.1) is 0 Å². The number of nitrogens with one attached hydrogen (secondary N) is 1. The Balaban J connectivity index is 0.953. The van der Waals surface area contributed by atoms with Gasteiger partial charge in [-0.25, -0.2) is 0 Å². The number of fused-ring (bicyclic) bond motifs is 2. The molecule has 1 saturated heterocycles. The second-order valence-corrected chi connectivity index (χ2v) is 19.2. The molecule has 3 fully saturated rings. The summed E-state index contributed by atoms with van der Waals surface area (Å²) in [6, 6.07) is 6.76. The molecule has 3 aliphatic rings. The molecule has 1 aromatic carbocycles. The van der Waals surface area contributed by atoms with Gasteiger partial charge in [-0.3, -0.25) is 0 Å². The number of anilines is 1. The minimum atomic E-state index is -1.35. The molecule has 2 aliphatic carbocycles. The summed E-state index contributed by atoms with van der Waals surface area (Å²) < 4.78 is 9.32. The summed E-state index contributed by atoms with van der Waals surface area (Å²) in [6.07, 6.45) is 8.43. The maximum atomic E-state index is 11.0. The van der Waals surface area contributed by atoms with Crippen molar-refractivity contribution >= 4 is 42.7 Å². The van der Waals surface area contributed by atoms with Crippen LogP contribution in [0.3, 0.4) is 0 Å². The number of aliphatic hydroxyl groups excluding tert-OH is 2. The molecule has 2 saturated carbocycles. The van der Waals surface area contributed by atoms with E-state index in [1.54, 1.807) is 10.9 Å². The van der Waals surface area contributed by atoms with Crippen molar-refractivity contribution in [3.8, 4) is 0 Å². The predicted molar refractivity (Wildman–Crippen MR) is 159 cm³/mol. The number of nitrogen functional groups attached to an aromatic ring is 1. The van der Waals surface area contributed by atoms with Crippen molar-refractivity contribution in [3.63, 3.8) is 0 Å². The van der Waals surface area contributed by atoms with Crippen LogP contribution < -0.4 is 5.73 Å². The molecule has 0 bridgehead atoms. The van der Waals surface area contributed by atoms with Crippen LogP contribution >= 0.6 is 0 Å². The van der Waals surface area contributed by atoms with E-state index >= 15 is 0 Å². The van der Waals surface area contributed by atoms with Gasteiger partial charge in [-0.2, -0.15) is 0 Å². The predicted octanol–water partition coefficient (Wildman–Crippen LogP) is 4.49. The van der Waals surface area contributed by atoms with E-state index in [1.165, 1.54) is 49.5 Å². The van der Waals surface area contributed by atoms with Gasteiger partial charge in [0.25, 0.3) is 0 Å². The number of ether oxygens (including phenoxy) is 1. The van der Waals surface area contributed by atoms with Crippen molar-refractivity contribution in [2.45, 2.75) is 104 Å². The van der Waals surface area contributed by atoms with Crippen molar-refractivity contribution < 1.29 is 14.9 Å². The first kappa shape index (κ1) is 27.3.